The van der Waals surface area contributed by atoms with Crippen molar-refractivity contribution in [3.05, 3.63) is 66.2 Å². The van der Waals surface area contributed by atoms with Crippen LogP contribution in [0.4, 0.5) is 0 Å². The van der Waals surface area contributed by atoms with Crippen LogP contribution in [0.15, 0.2) is 65.6 Å². The van der Waals surface area contributed by atoms with E-state index in [9.17, 15) is 13.2 Å². The van der Waals surface area contributed by atoms with Gasteiger partial charge in [-0.3, -0.25) is 4.79 Å². The zero-order chi connectivity index (χ0) is 23.6. The summed E-state index contributed by atoms with van der Waals surface area (Å²) in [5.74, 6) is -0.334. The standard InChI is InChI=1S/C25H35NO4SSi/c1-25(2,3)32(4,5)30-21-16-17-26(19-21)24(27)23(18-20-12-8-6-9-13-20)31(28,29)22-14-10-7-11-15-22/h6-15,21,23H,16-19H2,1-5H3/t21-,23?/m1/s1. The van der Waals surface area contributed by atoms with E-state index in [1.165, 1.54) is 0 Å². The minimum Gasteiger partial charge on any atom is -0.412 e. The molecular weight excluding hydrogens is 438 g/mol. The minimum absolute atomic E-state index is 0.0448. The van der Waals surface area contributed by atoms with Gasteiger partial charge in [0.2, 0.25) is 5.91 Å². The highest BCUT2D eigenvalue weighted by Gasteiger charge is 2.43. The van der Waals surface area contributed by atoms with Crippen molar-refractivity contribution in [2.45, 2.75) is 68.0 Å². The van der Waals surface area contributed by atoms with E-state index in [-0.39, 0.29) is 28.4 Å². The number of amides is 1. The Labute approximate surface area is 193 Å². The first-order valence-electron chi connectivity index (χ1n) is 11.2. The van der Waals surface area contributed by atoms with Crippen molar-refractivity contribution in [1.29, 1.82) is 0 Å². The average molecular weight is 474 g/mol. The van der Waals surface area contributed by atoms with Crippen LogP contribution in [-0.4, -0.2) is 52.0 Å². The number of hydrogen-bond acceptors (Lipinski definition) is 4. The van der Waals surface area contributed by atoms with Gasteiger partial charge in [-0.15, -0.1) is 0 Å². The number of benzene rings is 2. The Morgan fingerprint density at radius 3 is 2.19 bits per heavy atom. The Balaban J connectivity index is 1.83. The molecule has 1 heterocycles. The smallest absolute Gasteiger partial charge is 0.241 e. The van der Waals surface area contributed by atoms with E-state index in [4.69, 9.17) is 4.43 Å². The van der Waals surface area contributed by atoms with Gasteiger partial charge in [-0.05, 0) is 48.7 Å². The highest BCUT2D eigenvalue weighted by Crippen LogP contribution is 2.38. The summed E-state index contributed by atoms with van der Waals surface area (Å²) in [6.07, 6.45) is 0.847. The number of sulfone groups is 1. The van der Waals surface area contributed by atoms with Crippen molar-refractivity contribution in [2.75, 3.05) is 13.1 Å². The molecule has 0 spiro atoms. The molecule has 1 aliphatic rings. The SMILES string of the molecule is CC(C)(C)[Si](C)(C)O[C@@H]1CCN(C(=O)C(Cc2ccccc2)S(=O)(=O)c2ccccc2)C1. The molecule has 5 nitrogen and oxygen atoms in total. The third-order valence-electron chi connectivity index (χ3n) is 6.71. The molecule has 0 bridgehead atoms. The summed E-state index contributed by atoms with van der Waals surface area (Å²) in [7, 11) is -5.80. The molecule has 1 unspecified atom stereocenters. The van der Waals surface area contributed by atoms with Gasteiger partial charge >= 0.3 is 0 Å². The van der Waals surface area contributed by atoms with E-state index in [0.717, 1.165) is 12.0 Å². The zero-order valence-corrected chi connectivity index (χ0v) is 21.6. The number of hydrogen-bond donors (Lipinski definition) is 0. The van der Waals surface area contributed by atoms with E-state index in [2.05, 4.69) is 33.9 Å². The van der Waals surface area contributed by atoms with E-state index in [0.29, 0.717) is 13.1 Å². The second kappa shape index (κ2) is 9.49. The third kappa shape index (κ3) is 5.50. The minimum atomic E-state index is -3.84. The summed E-state index contributed by atoms with van der Waals surface area (Å²) >= 11 is 0. The molecule has 7 heteroatoms. The summed E-state index contributed by atoms with van der Waals surface area (Å²) in [4.78, 5) is 15.4. The van der Waals surface area contributed by atoms with E-state index in [1.807, 2.05) is 30.3 Å². The van der Waals surface area contributed by atoms with Crippen molar-refractivity contribution in [3.8, 4) is 0 Å². The van der Waals surface area contributed by atoms with E-state index >= 15 is 0 Å². The Hall–Kier alpha value is -1.96. The lowest BCUT2D eigenvalue weighted by Gasteiger charge is -2.38. The van der Waals surface area contributed by atoms with Crippen molar-refractivity contribution < 1.29 is 17.6 Å². The van der Waals surface area contributed by atoms with Crippen LogP contribution in [0.3, 0.4) is 0 Å². The molecule has 0 radical (unpaired) electrons. The van der Waals surface area contributed by atoms with Gasteiger partial charge in [0.1, 0.15) is 5.25 Å². The predicted molar refractivity (Wildman–Crippen MR) is 131 cm³/mol. The predicted octanol–water partition coefficient (Wildman–Crippen LogP) is 4.69. The Morgan fingerprint density at radius 1 is 1.06 bits per heavy atom. The molecule has 0 aliphatic carbocycles. The van der Waals surface area contributed by atoms with Crippen molar-refractivity contribution >= 4 is 24.1 Å². The third-order valence-corrected chi connectivity index (χ3v) is 13.3. The Bertz CT molecular complexity index is 1020. The van der Waals surface area contributed by atoms with Crippen molar-refractivity contribution in [3.63, 3.8) is 0 Å². The normalized spacial score (nSPS) is 18.5. The topological polar surface area (TPSA) is 63.7 Å². The van der Waals surface area contributed by atoms with Crippen molar-refractivity contribution in [2.24, 2.45) is 0 Å². The Morgan fingerprint density at radius 2 is 1.62 bits per heavy atom. The molecule has 3 rings (SSSR count). The summed E-state index contributed by atoms with van der Waals surface area (Å²) in [6, 6.07) is 17.6. The summed E-state index contributed by atoms with van der Waals surface area (Å²) < 4.78 is 33.5. The molecule has 1 amide bonds. The first-order valence-corrected chi connectivity index (χ1v) is 15.7. The van der Waals surface area contributed by atoms with Crippen LogP contribution in [-0.2, 0) is 25.5 Å². The lowest BCUT2D eigenvalue weighted by atomic mass is 10.1. The van der Waals surface area contributed by atoms with Gasteiger partial charge in [0.25, 0.3) is 0 Å². The molecule has 174 valence electrons. The number of carbonyl (C=O) groups excluding carboxylic acids is 1. The molecule has 1 aliphatic heterocycles. The number of rotatable bonds is 7. The fraction of sp³-hybridized carbons (Fsp3) is 0.480. The van der Waals surface area contributed by atoms with Gasteiger partial charge in [0, 0.05) is 13.1 Å². The second-order valence-corrected chi connectivity index (χ2v) is 17.0. The van der Waals surface area contributed by atoms with Gasteiger partial charge in [-0.2, -0.15) is 0 Å². The molecule has 0 N–H and O–H groups in total. The van der Waals surface area contributed by atoms with Crippen molar-refractivity contribution in [1.82, 2.24) is 4.90 Å². The van der Waals surface area contributed by atoms with Gasteiger partial charge in [-0.1, -0.05) is 69.3 Å². The molecular formula is C25H35NO4SSi. The van der Waals surface area contributed by atoms with E-state index in [1.54, 1.807) is 35.2 Å². The largest absolute Gasteiger partial charge is 0.412 e. The van der Waals surface area contributed by atoms with Gasteiger partial charge in [0.05, 0.1) is 11.0 Å². The lowest BCUT2D eigenvalue weighted by Crippen LogP contribution is -2.46. The Kier molecular flexibility index (Phi) is 7.32. The molecule has 2 atom stereocenters. The lowest BCUT2D eigenvalue weighted by molar-refractivity contribution is -0.130. The zero-order valence-electron chi connectivity index (χ0n) is 19.7. The number of nitrogens with zero attached hydrogens (tertiary/aromatic N) is 1. The molecule has 32 heavy (non-hydrogen) atoms. The summed E-state index contributed by atoms with van der Waals surface area (Å²) in [5, 5.41) is -1.07. The molecule has 0 aromatic heterocycles. The van der Waals surface area contributed by atoms with Crippen LogP contribution >= 0.6 is 0 Å². The second-order valence-electron chi connectivity index (χ2n) is 10.1. The van der Waals surface area contributed by atoms with Crippen LogP contribution < -0.4 is 0 Å². The summed E-state index contributed by atoms with van der Waals surface area (Å²) in [5.41, 5.74) is 0.832. The highest BCUT2D eigenvalue weighted by molar-refractivity contribution is 7.92. The fourth-order valence-electron chi connectivity index (χ4n) is 3.75. The van der Waals surface area contributed by atoms with Crippen LogP contribution in [0.5, 0.6) is 0 Å². The number of carbonyl (C=O) groups is 1. The van der Waals surface area contributed by atoms with Crippen LogP contribution in [0.25, 0.3) is 0 Å². The van der Waals surface area contributed by atoms with E-state index < -0.39 is 23.4 Å². The molecule has 1 saturated heterocycles. The molecule has 2 aromatic carbocycles. The van der Waals surface area contributed by atoms with Crippen LogP contribution in [0.2, 0.25) is 18.1 Å². The first-order chi connectivity index (χ1) is 14.9. The first kappa shape index (κ1) is 24.7. The number of likely N-dealkylation sites (tertiary alicyclic amines) is 1. The molecule has 1 fully saturated rings. The average Bonchev–Trinajstić information content (AvgIpc) is 3.20. The van der Waals surface area contributed by atoms with Gasteiger partial charge < -0.3 is 9.33 Å². The van der Waals surface area contributed by atoms with Crippen LogP contribution in [0, 0.1) is 0 Å². The fourth-order valence-corrected chi connectivity index (χ4v) is 6.82. The van der Waals surface area contributed by atoms with Gasteiger partial charge in [-0.25, -0.2) is 8.42 Å². The highest BCUT2D eigenvalue weighted by atomic mass is 32.2. The molecule has 0 saturated carbocycles. The van der Waals surface area contributed by atoms with Crippen LogP contribution in [0.1, 0.15) is 32.8 Å². The van der Waals surface area contributed by atoms with Gasteiger partial charge in [0.15, 0.2) is 18.2 Å². The maximum atomic E-state index is 13.6. The monoisotopic (exact) mass is 473 g/mol. The maximum Gasteiger partial charge on any atom is 0.241 e. The maximum absolute atomic E-state index is 13.6. The summed E-state index contributed by atoms with van der Waals surface area (Å²) in [6.45, 7) is 12.0. The molecule has 2 aromatic rings. The quantitative estimate of drug-likeness (QED) is 0.547.